The van der Waals surface area contributed by atoms with Crippen LogP contribution in [0.5, 0.6) is 0 Å². The number of hydrogen-bond acceptors (Lipinski definition) is 2. The van der Waals surface area contributed by atoms with Gasteiger partial charge in [0.2, 0.25) is 11.8 Å². The van der Waals surface area contributed by atoms with Crippen molar-refractivity contribution in [1.82, 2.24) is 4.90 Å². The summed E-state index contributed by atoms with van der Waals surface area (Å²) in [6, 6.07) is 12.8. The summed E-state index contributed by atoms with van der Waals surface area (Å²) < 4.78 is 0. The van der Waals surface area contributed by atoms with Crippen molar-refractivity contribution in [3.8, 4) is 0 Å². The Kier molecular flexibility index (Phi) is 5.30. The Morgan fingerprint density at radius 1 is 1.20 bits per heavy atom. The molecule has 25 heavy (non-hydrogen) atoms. The number of rotatable bonds is 4. The zero-order chi connectivity index (χ0) is 18.0. The van der Waals surface area contributed by atoms with E-state index in [1.54, 1.807) is 23.1 Å². The Bertz CT molecular complexity index is 823. The molecule has 0 bridgehead atoms. The smallest absolute Gasteiger partial charge is 0.229 e. The molecule has 0 unspecified atom stereocenters. The first kappa shape index (κ1) is 17.8. The van der Waals surface area contributed by atoms with Crippen molar-refractivity contribution in [2.45, 2.75) is 19.9 Å². The van der Waals surface area contributed by atoms with Crippen LogP contribution in [-0.2, 0) is 16.1 Å². The van der Waals surface area contributed by atoms with Crippen molar-refractivity contribution in [2.24, 2.45) is 5.92 Å². The minimum Gasteiger partial charge on any atom is -0.337 e. The van der Waals surface area contributed by atoms with Gasteiger partial charge in [0, 0.05) is 24.5 Å². The van der Waals surface area contributed by atoms with Gasteiger partial charge in [-0.25, -0.2) is 0 Å². The minimum absolute atomic E-state index is 0.0462. The van der Waals surface area contributed by atoms with Crippen LogP contribution >= 0.6 is 23.2 Å². The first-order valence-corrected chi connectivity index (χ1v) is 8.78. The third kappa shape index (κ3) is 4.14. The number of nitrogens with one attached hydrogen (secondary N) is 1. The number of likely N-dealkylation sites (tertiary alicyclic amines) is 1. The third-order valence-corrected chi connectivity index (χ3v) is 4.97. The lowest BCUT2D eigenvalue weighted by Crippen LogP contribution is -2.28. The Morgan fingerprint density at radius 3 is 2.68 bits per heavy atom. The van der Waals surface area contributed by atoms with Crippen molar-refractivity contribution < 1.29 is 9.59 Å². The van der Waals surface area contributed by atoms with E-state index in [4.69, 9.17) is 23.2 Å². The highest BCUT2D eigenvalue weighted by Crippen LogP contribution is 2.27. The van der Waals surface area contributed by atoms with E-state index in [1.807, 2.05) is 31.2 Å². The molecule has 1 saturated heterocycles. The summed E-state index contributed by atoms with van der Waals surface area (Å²) in [5, 5.41) is 3.93. The second kappa shape index (κ2) is 7.46. The molecule has 0 spiro atoms. The van der Waals surface area contributed by atoms with Crippen LogP contribution < -0.4 is 5.32 Å². The number of carbonyl (C=O) groups excluding carboxylic acids is 2. The van der Waals surface area contributed by atoms with E-state index in [0.717, 1.165) is 11.1 Å². The predicted molar refractivity (Wildman–Crippen MR) is 99.8 cm³/mol. The van der Waals surface area contributed by atoms with Crippen LogP contribution in [0.1, 0.15) is 17.5 Å². The number of nitrogens with zero attached hydrogens (tertiary/aromatic N) is 1. The maximum Gasteiger partial charge on any atom is 0.229 e. The molecular formula is C19H18Cl2N2O2. The molecule has 0 aromatic heterocycles. The van der Waals surface area contributed by atoms with E-state index in [2.05, 4.69) is 5.32 Å². The highest BCUT2D eigenvalue weighted by Gasteiger charge is 2.34. The number of aryl methyl sites for hydroxylation is 1. The molecule has 1 aliphatic rings. The van der Waals surface area contributed by atoms with Gasteiger partial charge in [-0.05, 0) is 36.2 Å². The molecule has 0 radical (unpaired) electrons. The molecule has 2 aromatic carbocycles. The van der Waals surface area contributed by atoms with Gasteiger partial charge in [-0.1, -0.05) is 47.5 Å². The van der Waals surface area contributed by atoms with E-state index >= 15 is 0 Å². The Labute approximate surface area is 156 Å². The summed E-state index contributed by atoms with van der Waals surface area (Å²) in [6.45, 7) is 2.71. The quantitative estimate of drug-likeness (QED) is 0.864. The van der Waals surface area contributed by atoms with Crippen molar-refractivity contribution in [1.29, 1.82) is 0 Å². The fourth-order valence-corrected chi connectivity index (χ4v) is 3.37. The summed E-state index contributed by atoms with van der Waals surface area (Å²) >= 11 is 12.3. The van der Waals surface area contributed by atoms with E-state index in [-0.39, 0.29) is 18.2 Å². The molecule has 1 atom stereocenters. The number of amides is 2. The maximum absolute atomic E-state index is 12.5. The molecule has 6 heteroatoms. The monoisotopic (exact) mass is 376 g/mol. The van der Waals surface area contributed by atoms with Gasteiger partial charge in [0.15, 0.2) is 0 Å². The fourth-order valence-electron chi connectivity index (χ4n) is 2.89. The summed E-state index contributed by atoms with van der Waals surface area (Å²) in [5.41, 5.74) is 2.46. The van der Waals surface area contributed by atoms with Crippen LogP contribution in [-0.4, -0.2) is 23.3 Å². The molecule has 2 amide bonds. The SMILES string of the molecule is Cc1ccc(NC(=O)[C@H]2CC(=O)N(Cc3ccccc3Cl)C2)c(Cl)c1. The second-order valence-corrected chi connectivity index (χ2v) is 7.05. The molecule has 1 heterocycles. The molecule has 3 rings (SSSR count). The maximum atomic E-state index is 12.5. The van der Waals surface area contributed by atoms with E-state index in [9.17, 15) is 9.59 Å². The minimum atomic E-state index is -0.396. The second-order valence-electron chi connectivity index (χ2n) is 6.24. The summed E-state index contributed by atoms with van der Waals surface area (Å²) in [4.78, 5) is 26.4. The number of hydrogen-bond donors (Lipinski definition) is 1. The van der Waals surface area contributed by atoms with Gasteiger partial charge in [-0.3, -0.25) is 9.59 Å². The molecule has 130 valence electrons. The molecule has 4 nitrogen and oxygen atoms in total. The van der Waals surface area contributed by atoms with Crippen molar-refractivity contribution in [3.05, 3.63) is 63.6 Å². The normalized spacial score (nSPS) is 17.0. The number of carbonyl (C=O) groups is 2. The topological polar surface area (TPSA) is 49.4 Å². The van der Waals surface area contributed by atoms with Crippen LogP contribution in [0.15, 0.2) is 42.5 Å². The van der Waals surface area contributed by atoms with Gasteiger partial charge in [-0.2, -0.15) is 0 Å². The third-order valence-electron chi connectivity index (χ3n) is 4.29. The lowest BCUT2D eigenvalue weighted by Gasteiger charge is -2.17. The van der Waals surface area contributed by atoms with Gasteiger partial charge in [0.05, 0.1) is 16.6 Å². The fraction of sp³-hybridized carbons (Fsp3) is 0.263. The molecule has 1 aliphatic heterocycles. The number of halogens is 2. The van der Waals surface area contributed by atoms with E-state index in [1.165, 1.54) is 0 Å². The molecule has 1 fully saturated rings. The lowest BCUT2D eigenvalue weighted by molar-refractivity contribution is -0.128. The molecular weight excluding hydrogens is 359 g/mol. The Balaban J connectivity index is 1.65. The van der Waals surface area contributed by atoms with Gasteiger partial charge in [0.25, 0.3) is 0 Å². The summed E-state index contributed by atoms with van der Waals surface area (Å²) in [6.07, 6.45) is 0.194. The lowest BCUT2D eigenvalue weighted by atomic mass is 10.1. The zero-order valence-electron chi connectivity index (χ0n) is 13.8. The first-order chi connectivity index (χ1) is 11.9. The van der Waals surface area contributed by atoms with Crippen LogP contribution in [0, 0.1) is 12.8 Å². The zero-order valence-corrected chi connectivity index (χ0v) is 15.3. The average molecular weight is 377 g/mol. The highest BCUT2D eigenvalue weighted by molar-refractivity contribution is 6.33. The average Bonchev–Trinajstić information content (AvgIpc) is 2.93. The van der Waals surface area contributed by atoms with Crippen molar-refractivity contribution in [2.75, 3.05) is 11.9 Å². The van der Waals surface area contributed by atoms with Gasteiger partial charge in [-0.15, -0.1) is 0 Å². The summed E-state index contributed by atoms with van der Waals surface area (Å²) in [5.74, 6) is -0.636. The number of anilines is 1. The first-order valence-electron chi connectivity index (χ1n) is 8.02. The van der Waals surface area contributed by atoms with Crippen molar-refractivity contribution in [3.63, 3.8) is 0 Å². The van der Waals surface area contributed by atoms with Gasteiger partial charge >= 0.3 is 0 Å². The molecule has 0 saturated carbocycles. The van der Waals surface area contributed by atoms with Crippen molar-refractivity contribution >= 4 is 40.7 Å². The Morgan fingerprint density at radius 2 is 1.96 bits per heavy atom. The molecule has 0 aliphatic carbocycles. The highest BCUT2D eigenvalue weighted by atomic mass is 35.5. The summed E-state index contributed by atoms with van der Waals surface area (Å²) in [7, 11) is 0. The van der Waals surface area contributed by atoms with Gasteiger partial charge in [0.1, 0.15) is 0 Å². The van der Waals surface area contributed by atoms with Gasteiger partial charge < -0.3 is 10.2 Å². The Hall–Kier alpha value is -2.04. The van der Waals surface area contributed by atoms with Crippen LogP contribution in [0.2, 0.25) is 10.0 Å². The predicted octanol–water partition coefficient (Wildman–Crippen LogP) is 4.29. The number of benzene rings is 2. The molecule has 2 aromatic rings. The van der Waals surface area contributed by atoms with Crippen LogP contribution in [0.25, 0.3) is 0 Å². The standard InChI is InChI=1S/C19H18Cl2N2O2/c1-12-6-7-17(16(21)8-12)22-19(25)14-9-18(24)23(11-14)10-13-4-2-3-5-15(13)20/h2-8,14H,9-11H2,1H3,(H,22,25)/t14-/m0/s1. The molecule has 1 N–H and O–H groups in total. The van der Waals surface area contributed by atoms with Crippen LogP contribution in [0.3, 0.4) is 0 Å². The largest absolute Gasteiger partial charge is 0.337 e. The van der Waals surface area contributed by atoms with Crippen LogP contribution in [0.4, 0.5) is 5.69 Å². The van der Waals surface area contributed by atoms with E-state index in [0.29, 0.717) is 28.8 Å². The van der Waals surface area contributed by atoms with E-state index < -0.39 is 5.92 Å².